The lowest BCUT2D eigenvalue weighted by Crippen LogP contribution is -2.25. The minimum Gasteiger partial charge on any atom is -0.310 e. The van der Waals surface area contributed by atoms with E-state index < -0.39 is 6.43 Å². The number of alkyl halides is 2. The minimum atomic E-state index is -2.37. The molecule has 1 aliphatic rings. The largest absolute Gasteiger partial charge is 0.310 e. The molecule has 1 nitrogen and oxygen atoms in total. The fraction of sp³-hybridized carbons (Fsp3) is 0.538. The first-order valence-electron chi connectivity index (χ1n) is 5.86. The Balaban J connectivity index is 1.90. The molecule has 0 aliphatic heterocycles. The highest BCUT2D eigenvalue weighted by atomic mass is 19.3. The Morgan fingerprint density at radius 3 is 2.69 bits per heavy atom. The van der Waals surface area contributed by atoms with E-state index in [1.807, 2.05) is 6.07 Å². The Morgan fingerprint density at radius 2 is 2.00 bits per heavy atom. The molecule has 1 N–H and O–H groups in total. The maximum atomic E-state index is 12.5. The van der Waals surface area contributed by atoms with E-state index in [1.165, 1.54) is 31.7 Å². The van der Waals surface area contributed by atoms with Crippen LogP contribution in [0.4, 0.5) is 8.78 Å². The molecule has 16 heavy (non-hydrogen) atoms. The van der Waals surface area contributed by atoms with Crippen molar-refractivity contribution < 1.29 is 8.78 Å². The van der Waals surface area contributed by atoms with Crippen LogP contribution in [-0.4, -0.2) is 6.04 Å². The third-order valence-electron chi connectivity index (χ3n) is 3.15. The van der Waals surface area contributed by atoms with Gasteiger partial charge in [-0.1, -0.05) is 31.0 Å². The fourth-order valence-corrected chi connectivity index (χ4v) is 2.23. The fourth-order valence-electron chi connectivity index (χ4n) is 2.23. The maximum absolute atomic E-state index is 12.5. The topological polar surface area (TPSA) is 12.0 Å². The lowest BCUT2D eigenvalue weighted by atomic mass is 10.1. The van der Waals surface area contributed by atoms with Gasteiger partial charge in [0.15, 0.2) is 0 Å². The van der Waals surface area contributed by atoms with Gasteiger partial charge in [-0.3, -0.25) is 0 Å². The second kappa shape index (κ2) is 5.39. The van der Waals surface area contributed by atoms with Crippen molar-refractivity contribution in [3.63, 3.8) is 0 Å². The van der Waals surface area contributed by atoms with Gasteiger partial charge in [0.1, 0.15) is 0 Å². The standard InChI is InChI=1S/C13H17F2N/c14-13(15)11-5-3-4-10(8-11)9-16-12-6-1-2-7-12/h3-5,8,12-13,16H,1-2,6-7,9H2. The summed E-state index contributed by atoms with van der Waals surface area (Å²) in [6, 6.07) is 7.24. The van der Waals surface area contributed by atoms with Gasteiger partial charge < -0.3 is 5.32 Å². The van der Waals surface area contributed by atoms with Gasteiger partial charge >= 0.3 is 0 Å². The number of hydrogen-bond acceptors (Lipinski definition) is 1. The van der Waals surface area contributed by atoms with Gasteiger partial charge in [-0.2, -0.15) is 0 Å². The minimum absolute atomic E-state index is 0.116. The third-order valence-corrected chi connectivity index (χ3v) is 3.15. The third kappa shape index (κ3) is 3.01. The molecule has 1 aliphatic carbocycles. The average molecular weight is 225 g/mol. The summed E-state index contributed by atoms with van der Waals surface area (Å²) < 4.78 is 24.9. The summed E-state index contributed by atoms with van der Waals surface area (Å²) in [5.74, 6) is 0. The van der Waals surface area contributed by atoms with Crippen LogP contribution in [0.2, 0.25) is 0 Å². The van der Waals surface area contributed by atoms with Crippen LogP contribution in [0.1, 0.15) is 43.2 Å². The molecule has 0 amide bonds. The number of halogens is 2. The zero-order valence-electron chi connectivity index (χ0n) is 9.26. The lowest BCUT2D eigenvalue weighted by molar-refractivity contribution is 0.151. The number of rotatable bonds is 4. The number of nitrogens with one attached hydrogen (secondary N) is 1. The van der Waals surface area contributed by atoms with Crippen LogP contribution >= 0.6 is 0 Å². The highest BCUT2D eigenvalue weighted by Gasteiger charge is 2.14. The Bertz CT molecular complexity index is 332. The van der Waals surface area contributed by atoms with E-state index in [2.05, 4.69) is 5.32 Å². The molecule has 0 atom stereocenters. The molecule has 0 heterocycles. The van der Waals surface area contributed by atoms with E-state index in [4.69, 9.17) is 0 Å². The normalized spacial score (nSPS) is 17.2. The SMILES string of the molecule is FC(F)c1cccc(CNC2CCCC2)c1. The number of benzene rings is 1. The van der Waals surface area contributed by atoms with Gasteiger partial charge in [0.05, 0.1) is 0 Å². The van der Waals surface area contributed by atoms with Gasteiger partial charge in [-0.05, 0) is 24.5 Å². The molecule has 1 saturated carbocycles. The van der Waals surface area contributed by atoms with Gasteiger partial charge in [0.2, 0.25) is 0 Å². The van der Waals surface area contributed by atoms with Crippen molar-refractivity contribution in [3.8, 4) is 0 Å². The van der Waals surface area contributed by atoms with E-state index in [1.54, 1.807) is 12.1 Å². The van der Waals surface area contributed by atoms with Crippen LogP contribution in [0.5, 0.6) is 0 Å². The van der Waals surface area contributed by atoms with Gasteiger partial charge in [0, 0.05) is 18.2 Å². The molecule has 1 fully saturated rings. The van der Waals surface area contributed by atoms with Gasteiger partial charge in [-0.15, -0.1) is 0 Å². The van der Waals surface area contributed by atoms with Crippen LogP contribution in [0.15, 0.2) is 24.3 Å². The molecule has 88 valence electrons. The smallest absolute Gasteiger partial charge is 0.263 e. The first kappa shape index (κ1) is 11.5. The Kier molecular flexibility index (Phi) is 3.88. The molecule has 0 spiro atoms. The Hall–Kier alpha value is -0.960. The Morgan fingerprint density at radius 1 is 1.25 bits per heavy atom. The van der Waals surface area contributed by atoms with E-state index in [0.717, 1.165) is 5.56 Å². The first-order chi connectivity index (χ1) is 7.75. The van der Waals surface area contributed by atoms with E-state index >= 15 is 0 Å². The molecular formula is C13H17F2N. The van der Waals surface area contributed by atoms with Gasteiger partial charge in [-0.25, -0.2) is 8.78 Å². The average Bonchev–Trinajstić information content (AvgIpc) is 2.79. The molecule has 2 rings (SSSR count). The van der Waals surface area contributed by atoms with Crippen LogP contribution in [0, 0.1) is 0 Å². The molecule has 0 bridgehead atoms. The zero-order valence-corrected chi connectivity index (χ0v) is 9.26. The highest BCUT2D eigenvalue weighted by Crippen LogP contribution is 2.21. The number of hydrogen-bond donors (Lipinski definition) is 1. The van der Waals surface area contributed by atoms with Crippen molar-refractivity contribution in [3.05, 3.63) is 35.4 Å². The quantitative estimate of drug-likeness (QED) is 0.824. The van der Waals surface area contributed by atoms with Crippen LogP contribution < -0.4 is 5.32 Å². The van der Waals surface area contributed by atoms with Crippen molar-refractivity contribution in [1.29, 1.82) is 0 Å². The summed E-state index contributed by atoms with van der Waals surface area (Å²) in [4.78, 5) is 0. The van der Waals surface area contributed by atoms with Crippen LogP contribution in [-0.2, 0) is 6.54 Å². The molecule has 0 unspecified atom stereocenters. The van der Waals surface area contributed by atoms with Crippen molar-refractivity contribution in [1.82, 2.24) is 5.32 Å². The van der Waals surface area contributed by atoms with E-state index in [9.17, 15) is 8.78 Å². The molecule has 0 radical (unpaired) electrons. The Labute approximate surface area is 94.9 Å². The van der Waals surface area contributed by atoms with Crippen LogP contribution in [0.25, 0.3) is 0 Å². The first-order valence-corrected chi connectivity index (χ1v) is 5.86. The molecular weight excluding hydrogens is 208 g/mol. The predicted molar refractivity (Wildman–Crippen MR) is 60.5 cm³/mol. The summed E-state index contributed by atoms with van der Waals surface area (Å²) >= 11 is 0. The van der Waals surface area contributed by atoms with Crippen molar-refractivity contribution in [2.75, 3.05) is 0 Å². The summed E-state index contributed by atoms with van der Waals surface area (Å²) in [7, 11) is 0. The second-order valence-electron chi connectivity index (χ2n) is 4.41. The van der Waals surface area contributed by atoms with Gasteiger partial charge in [0.25, 0.3) is 6.43 Å². The maximum Gasteiger partial charge on any atom is 0.263 e. The summed E-state index contributed by atoms with van der Waals surface area (Å²) in [6.45, 7) is 0.700. The van der Waals surface area contributed by atoms with E-state index in [-0.39, 0.29) is 5.56 Å². The van der Waals surface area contributed by atoms with Crippen LogP contribution in [0.3, 0.4) is 0 Å². The van der Waals surface area contributed by atoms with E-state index in [0.29, 0.717) is 12.6 Å². The summed E-state index contributed by atoms with van der Waals surface area (Å²) in [5, 5.41) is 3.42. The summed E-state index contributed by atoms with van der Waals surface area (Å²) in [5.41, 5.74) is 1.07. The second-order valence-corrected chi connectivity index (χ2v) is 4.41. The highest BCUT2D eigenvalue weighted by molar-refractivity contribution is 5.24. The monoisotopic (exact) mass is 225 g/mol. The molecule has 3 heteroatoms. The molecule has 0 saturated heterocycles. The molecule has 1 aromatic rings. The lowest BCUT2D eigenvalue weighted by Gasteiger charge is -2.12. The predicted octanol–water partition coefficient (Wildman–Crippen LogP) is 3.66. The van der Waals surface area contributed by atoms with Crippen molar-refractivity contribution in [2.24, 2.45) is 0 Å². The molecule has 0 aromatic heterocycles. The summed E-state index contributed by atoms with van der Waals surface area (Å²) in [6.07, 6.45) is 2.64. The van der Waals surface area contributed by atoms with Crippen molar-refractivity contribution >= 4 is 0 Å². The zero-order chi connectivity index (χ0) is 11.4. The van der Waals surface area contributed by atoms with Crippen molar-refractivity contribution in [2.45, 2.75) is 44.7 Å². The molecule has 1 aromatic carbocycles.